The lowest BCUT2D eigenvalue weighted by Crippen LogP contribution is -2.36. The first-order chi connectivity index (χ1) is 9.45. The first-order valence-electron chi connectivity index (χ1n) is 7.38. The summed E-state index contributed by atoms with van der Waals surface area (Å²) in [5.74, 6) is 0.705. The Bertz CT molecular complexity index is 511. The SMILES string of the molecule is CC1(C)C2CCC1(C)C(C(=O)OSc1ccccc1)C2. The van der Waals surface area contributed by atoms with Gasteiger partial charge in [-0.25, -0.2) is 0 Å². The van der Waals surface area contributed by atoms with E-state index in [0.29, 0.717) is 5.92 Å². The van der Waals surface area contributed by atoms with Gasteiger partial charge in [0.1, 0.15) is 0 Å². The molecule has 0 spiro atoms. The van der Waals surface area contributed by atoms with Crippen molar-refractivity contribution in [2.24, 2.45) is 22.7 Å². The van der Waals surface area contributed by atoms with Crippen LogP contribution in [0, 0.1) is 22.7 Å². The molecule has 108 valence electrons. The first-order valence-corrected chi connectivity index (χ1v) is 8.13. The van der Waals surface area contributed by atoms with Crippen molar-refractivity contribution in [2.45, 2.75) is 44.9 Å². The average molecular weight is 290 g/mol. The standard InChI is InChI=1S/C17H22O2S/c1-16(2)12-9-10-17(16,3)14(11-12)15(18)19-20-13-7-5-4-6-8-13/h4-8,12,14H,9-11H2,1-3H3. The molecule has 0 N–H and O–H groups in total. The van der Waals surface area contributed by atoms with Crippen LogP contribution in [0.1, 0.15) is 40.0 Å². The van der Waals surface area contributed by atoms with E-state index in [1.54, 1.807) is 0 Å². The van der Waals surface area contributed by atoms with Gasteiger partial charge >= 0.3 is 5.97 Å². The summed E-state index contributed by atoms with van der Waals surface area (Å²) in [6.45, 7) is 6.92. The molecule has 0 aromatic heterocycles. The zero-order chi connectivity index (χ0) is 14.4. The maximum atomic E-state index is 12.5. The molecule has 3 rings (SSSR count). The third-order valence-electron chi connectivity index (χ3n) is 6.04. The highest BCUT2D eigenvalue weighted by atomic mass is 32.2. The van der Waals surface area contributed by atoms with Gasteiger partial charge in [-0.15, -0.1) is 0 Å². The fourth-order valence-electron chi connectivity index (χ4n) is 4.18. The lowest BCUT2D eigenvalue weighted by atomic mass is 9.67. The van der Waals surface area contributed by atoms with Crippen LogP contribution >= 0.6 is 12.0 Å². The second kappa shape index (κ2) is 4.80. The monoisotopic (exact) mass is 290 g/mol. The zero-order valence-corrected chi connectivity index (χ0v) is 13.2. The molecule has 0 heterocycles. The molecule has 0 aliphatic heterocycles. The van der Waals surface area contributed by atoms with Gasteiger partial charge in [0.15, 0.2) is 0 Å². The van der Waals surface area contributed by atoms with Gasteiger partial charge in [0.05, 0.1) is 18.0 Å². The molecule has 1 aromatic rings. The number of fused-ring (bicyclic) bond motifs is 2. The van der Waals surface area contributed by atoms with Crippen molar-refractivity contribution in [1.82, 2.24) is 0 Å². The molecule has 2 saturated carbocycles. The number of carbonyl (C=O) groups excluding carboxylic acids is 1. The van der Waals surface area contributed by atoms with E-state index in [2.05, 4.69) is 20.8 Å². The van der Waals surface area contributed by atoms with E-state index >= 15 is 0 Å². The summed E-state index contributed by atoms with van der Waals surface area (Å²) < 4.78 is 5.50. The molecular weight excluding hydrogens is 268 g/mol. The van der Waals surface area contributed by atoms with E-state index in [4.69, 9.17) is 4.18 Å². The number of carbonyl (C=O) groups is 1. The molecule has 2 aliphatic rings. The van der Waals surface area contributed by atoms with Crippen molar-refractivity contribution in [3.8, 4) is 0 Å². The minimum absolute atomic E-state index is 0.0309. The second-order valence-corrected chi connectivity index (χ2v) is 7.77. The van der Waals surface area contributed by atoms with E-state index in [9.17, 15) is 4.79 Å². The van der Waals surface area contributed by atoms with Gasteiger partial charge in [0.25, 0.3) is 0 Å². The maximum Gasteiger partial charge on any atom is 0.321 e. The lowest BCUT2D eigenvalue weighted by Gasteiger charge is -2.37. The average Bonchev–Trinajstić information content (AvgIpc) is 2.78. The molecule has 0 radical (unpaired) electrons. The Labute approximate surface area is 125 Å². The van der Waals surface area contributed by atoms with Gasteiger partial charge in [-0.05, 0) is 48.1 Å². The van der Waals surface area contributed by atoms with Gasteiger partial charge in [0.2, 0.25) is 0 Å². The van der Waals surface area contributed by atoms with Crippen molar-refractivity contribution in [3.05, 3.63) is 30.3 Å². The molecule has 0 saturated heterocycles. The highest BCUT2D eigenvalue weighted by Gasteiger charge is 2.63. The Morgan fingerprint density at radius 1 is 1.25 bits per heavy atom. The minimum atomic E-state index is -0.0309. The molecule has 3 heteroatoms. The molecule has 2 nitrogen and oxygen atoms in total. The predicted molar refractivity (Wildman–Crippen MR) is 81.1 cm³/mol. The summed E-state index contributed by atoms with van der Waals surface area (Å²) >= 11 is 1.19. The smallest absolute Gasteiger partial charge is 0.321 e. The van der Waals surface area contributed by atoms with E-state index in [1.165, 1.54) is 18.5 Å². The summed E-state index contributed by atoms with van der Waals surface area (Å²) in [4.78, 5) is 13.4. The molecule has 2 fully saturated rings. The summed E-state index contributed by atoms with van der Waals surface area (Å²) in [6.07, 6.45) is 3.41. The van der Waals surface area contributed by atoms with Crippen LogP contribution in [0.15, 0.2) is 35.2 Å². The van der Waals surface area contributed by atoms with Gasteiger partial charge in [-0.1, -0.05) is 39.0 Å². The number of hydrogen-bond donors (Lipinski definition) is 0. The normalized spacial score (nSPS) is 34.1. The highest BCUT2D eigenvalue weighted by Crippen LogP contribution is 2.68. The van der Waals surface area contributed by atoms with Gasteiger partial charge in [0, 0.05) is 4.90 Å². The highest BCUT2D eigenvalue weighted by molar-refractivity contribution is 7.95. The lowest BCUT2D eigenvalue weighted by molar-refractivity contribution is -0.142. The van der Waals surface area contributed by atoms with Gasteiger partial charge < -0.3 is 4.18 Å². The van der Waals surface area contributed by atoms with Crippen LogP contribution in [-0.4, -0.2) is 5.97 Å². The Hall–Kier alpha value is -0.960. The van der Waals surface area contributed by atoms with Crippen molar-refractivity contribution >= 4 is 18.0 Å². The van der Waals surface area contributed by atoms with Crippen LogP contribution in [0.5, 0.6) is 0 Å². The summed E-state index contributed by atoms with van der Waals surface area (Å²) in [5, 5.41) is 0. The number of rotatable bonds is 3. The Balaban J connectivity index is 1.67. The summed E-state index contributed by atoms with van der Waals surface area (Å²) in [6, 6.07) is 9.80. The quantitative estimate of drug-likeness (QED) is 0.755. The molecule has 20 heavy (non-hydrogen) atoms. The topological polar surface area (TPSA) is 26.3 Å². The predicted octanol–water partition coefficient (Wildman–Crippen LogP) is 4.70. The zero-order valence-electron chi connectivity index (χ0n) is 12.4. The van der Waals surface area contributed by atoms with Crippen LogP contribution in [-0.2, 0) is 8.98 Å². The van der Waals surface area contributed by atoms with Gasteiger partial charge in [-0.2, -0.15) is 0 Å². The third-order valence-corrected chi connectivity index (χ3v) is 6.75. The summed E-state index contributed by atoms with van der Waals surface area (Å²) in [7, 11) is 0. The molecule has 2 bridgehead atoms. The molecule has 0 amide bonds. The molecule has 3 atom stereocenters. The van der Waals surface area contributed by atoms with E-state index in [1.807, 2.05) is 30.3 Å². The second-order valence-electron chi connectivity index (χ2n) is 6.96. The Kier molecular flexibility index (Phi) is 3.36. The number of benzene rings is 1. The molecular formula is C17H22O2S. The molecule has 3 unspecified atom stereocenters. The fraction of sp³-hybridized carbons (Fsp3) is 0.588. The van der Waals surface area contributed by atoms with Gasteiger partial charge in [-0.3, -0.25) is 4.79 Å². The summed E-state index contributed by atoms with van der Waals surface area (Å²) in [5.41, 5.74) is 0.361. The number of hydrogen-bond acceptors (Lipinski definition) is 3. The molecule has 2 aliphatic carbocycles. The molecule has 1 aromatic carbocycles. The van der Waals surface area contributed by atoms with Crippen LogP contribution < -0.4 is 0 Å². The van der Waals surface area contributed by atoms with Crippen LogP contribution in [0.3, 0.4) is 0 Å². The van der Waals surface area contributed by atoms with Crippen LogP contribution in [0.4, 0.5) is 0 Å². The van der Waals surface area contributed by atoms with Crippen molar-refractivity contribution in [2.75, 3.05) is 0 Å². The van der Waals surface area contributed by atoms with Crippen LogP contribution in [0.2, 0.25) is 0 Å². The van der Waals surface area contributed by atoms with Crippen molar-refractivity contribution in [1.29, 1.82) is 0 Å². The first kappa shape index (κ1) is 14.0. The minimum Gasteiger partial charge on any atom is -0.386 e. The van der Waals surface area contributed by atoms with E-state index in [0.717, 1.165) is 17.7 Å². The van der Waals surface area contributed by atoms with E-state index in [-0.39, 0.29) is 22.7 Å². The Morgan fingerprint density at radius 3 is 2.50 bits per heavy atom. The third kappa shape index (κ3) is 1.98. The van der Waals surface area contributed by atoms with Crippen molar-refractivity contribution < 1.29 is 8.98 Å². The fourth-order valence-corrected chi connectivity index (χ4v) is 4.75. The largest absolute Gasteiger partial charge is 0.386 e. The van der Waals surface area contributed by atoms with E-state index < -0.39 is 0 Å². The van der Waals surface area contributed by atoms with Crippen LogP contribution in [0.25, 0.3) is 0 Å². The maximum absolute atomic E-state index is 12.5. The Morgan fingerprint density at radius 2 is 1.95 bits per heavy atom. The van der Waals surface area contributed by atoms with Crippen molar-refractivity contribution in [3.63, 3.8) is 0 Å².